The van der Waals surface area contributed by atoms with Crippen LogP contribution in [0.3, 0.4) is 0 Å². The second-order valence-corrected chi connectivity index (χ2v) is 11.5. The van der Waals surface area contributed by atoms with Crippen LogP contribution in [-0.4, -0.2) is 54.3 Å². The van der Waals surface area contributed by atoms with Crippen molar-refractivity contribution in [3.63, 3.8) is 0 Å². The third kappa shape index (κ3) is 5.73. The van der Waals surface area contributed by atoms with Crippen molar-refractivity contribution in [2.24, 2.45) is 17.8 Å². The number of methoxy groups -OCH3 is 1. The number of rotatable bonds is 9. The molecule has 2 aliphatic heterocycles. The van der Waals surface area contributed by atoms with Gasteiger partial charge in [0.1, 0.15) is 18.1 Å². The molecule has 8 heteroatoms. The number of aromatic hydroxyl groups is 1. The number of likely N-dealkylation sites (tertiary alicyclic amines) is 1. The molecule has 8 nitrogen and oxygen atoms in total. The number of imide groups is 3. The Morgan fingerprint density at radius 1 is 1.07 bits per heavy atom. The molecule has 222 valence electrons. The van der Waals surface area contributed by atoms with Crippen molar-refractivity contribution < 1.29 is 33.7 Å². The molecule has 0 radical (unpaired) electrons. The molecule has 2 aromatic carbocycles. The summed E-state index contributed by atoms with van der Waals surface area (Å²) >= 11 is 0. The van der Waals surface area contributed by atoms with Gasteiger partial charge in [-0.15, -0.1) is 0 Å². The van der Waals surface area contributed by atoms with Gasteiger partial charge in [0.2, 0.25) is 11.8 Å². The lowest BCUT2D eigenvalue weighted by Crippen LogP contribution is -2.38. The molecule has 2 saturated heterocycles. The Morgan fingerprint density at radius 3 is 2.45 bits per heavy atom. The molecule has 2 heterocycles. The average Bonchev–Trinajstić information content (AvgIpc) is 3.51. The fourth-order valence-corrected chi connectivity index (χ4v) is 6.78. The number of ether oxygens (including phenoxy) is 3. The van der Waals surface area contributed by atoms with Gasteiger partial charge in [0.05, 0.1) is 31.7 Å². The highest BCUT2D eigenvalue weighted by molar-refractivity contribution is 6.16. The van der Waals surface area contributed by atoms with E-state index in [0.717, 1.165) is 59.3 Å². The number of benzene rings is 2. The molecule has 0 saturated carbocycles. The Balaban J connectivity index is 1.42. The smallest absolute Gasteiger partial charge is 0.423 e. The number of aryl methyl sites for hydroxylation is 2. The van der Waals surface area contributed by atoms with Crippen LogP contribution in [0, 0.1) is 31.6 Å². The van der Waals surface area contributed by atoms with Crippen LogP contribution in [0.2, 0.25) is 0 Å². The van der Waals surface area contributed by atoms with E-state index in [4.69, 9.17) is 14.2 Å². The highest BCUT2D eigenvalue weighted by atomic mass is 16.5. The summed E-state index contributed by atoms with van der Waals surface area (Å²) in [5, 5.41) is 10.2. The molecule has 5 rings (SSSR count). The van der Waals surface area contributed by atoms with E-state index in [1.54, 1.807) is 0 Å². The van der Waals surface area contributed by atoms with Crippen LogP contribution in [0.15, 0.2) is 59.2 Å². The van der Waals surface area contributed by atoms with Gasteiger partial charge in [-0.3, -0.25) is 9.59 Å². The van der Waals surface area contributed by atoms with Crippen LogP contribution in [0.1, 0.15) is 55.7 Å². The Bertz CT molecular complexity index is 1400. The average molecular weight is 574 g/mol. The maximum atomic E-state index is 13.4. The van der Waals surface area contributed by atoms with Crippen LogP contribution in [0.4, 0.5) is 4.79 Å². The summed E-state index contributed by atoms with van der Waals surface area (Å²) in [5.41, 5.74) is 6.04. The summed E-state index contributed by atoms with van der Waals surface area (Å²) in [7, 11) is 1.17. The lowest BCUT2D eigenvalue weighted by Gasteiger charge is -2.31. The number of amides is 3. The van der Waals surface area contributed by atoms with Crippen molar-refractivity contribution >= 4 is 24.0 Å². The molecule has 0 bridgehead atoms. The number of para-hydroxylation sites is 1. The number of hydrogen-bond acceptors (Lipinski definition) is 7. The van der Waals surface area contributed by atoms with Crippen LogP contribution < -0.4 is 4.74 Å². The maximum absolute atomic E-state index is 13.4. The summed E-state index contributed by atoms with van der Waals surface area (Å²) in [6, 6.07) is 13.5. The topological polar surface area (TPSA) is 102 Å². The van der Waals surface area contributed by atoms with Gasteiger partial charge in [-0.2, -0.15) is 4.90 Å². The summed E-state index contributed by atoms with van der Waals surface area (Å²) in [6.07, 6.45) is 4.84. The Labute approximate surface area is 246 Å². The van der Waals surface area contributed by atoms with Gasteiger partial charge in [0.15, 0.2) is 0 Å². The van der Waals surface area contributed by atoms with Crippen LogP contribution in [0.25, 0.3) is 6.08 Å². The van der Waals surface area contributed by atoms with E-state index in [0.29, 0.717) is 23.7 Å². The van der Waals surface area contributed by atoms with E-state index in [9.17, 15) is 19.5 Å². The molecule has 4 atom stereocenters. The van der Waals surface area contributed by atoms with Gasteiger partial charge in [0.25, 0.3) is 0 Å². The fourth-order valence-electron chi connectivity index (χ4n) is 6.78. The van der Waals surface area contributed by atoms with Crippen LogP contribution >= 0.6 is 0 Å². The van der Waals surface area contributed by atoms with Crippen LogP contribution in [-0.2, 0) is 19.1 Å². The quantitative estimate of drug-likeness (QED) is 0.284. The lowest BCUT2D eigenvalue weighted by molar-refractivity contribution is -0.137. The number of fused-ring (bicyclic) bond motifs is 3. The van der Waals surface area contributed by atoms with Crippen molar-refractivity contribution in [1.82, 2.24) is 4.90 Å². The fraction of sp³-hybridized carbons (Fsp3) is 0.441. The first-order valence-electron chi connectivity index (χ1n) is 14.7. The zero-order valence-corrected chi connectivity index (χ0v) is 24.7. The van der Waals surface area contributed by atoms with Crippen LogP contribution in [0.5, 0.6) is 11.5 Å². The van der Waals surface area contributed by atoms with E-state index in [1.807, 2.05) is 56.3 Å². The molecule has 1 N–H and O–H groups in total. The molecule has 3 amide bonds. The van der Waals surface area contributed by atoms with Gasteiger partial charge in [0, 0.05) is 5.92 Å². The molecule has 2 fully saturated rings. The first-order valence-corrected chi connectivity index (χ1v) is 14.7. The molecular weight excluding hydrogens is 534 g/mol. The summed E-state index contributed by atoms with van der Waals surface area (Å²) in [4.78, 5) is 39.7. The number of carbonyl (C=O) groups is 3. The van der Waals surface area contributed by atoms with Crippen molar-refractivity contribution in [1.29, 1.82) is 0 Å². The standard InChI is InChI=1S/C34H39NO7/c1-5-9-22(16-23-14-20(2)31(36)21(3)15-23)12-13-28-29-24(18-41-25-10-7-6-8-11-25)17-26-30(27(29)19-42-28)33(38)35(32(26)37)34(39)40-4/h6-8,10-11,14-16,26-28,30,36H,5,9,12-13,17-19H2,1-4H3/b22-16+/t26-,27+,28-,30-/m1/s1. The summed E-state index contributed by atoms with van der Waals surface area (Å²) in [5.74, 6) is -1.55. The van der Waals surface area contributed by atoms with Gasteiger partial charge in [-0.1, -0.05) is 43.2 Å². The minimum atomic E-state index is -0.937. The van der Waals surface area contributed by atoms with E-state index >= 15 is 0 Å². The largest absolute Gasteiger partial charge is 0.507 e. The molecular formula is C34H39NO7. The monoisotopic (exact) mass is 573 g/mol. The highest BCUT2D eigenvalue weighted by Gasteiger charge is 2.59. The Hall–Kier alpha value is -3.91. The Kier molecular flexibility index (Phi) is 8.82. The van der Waals surface area contributed by atoms with E-state index in [2.05, 4.69) is 13.0 Å². The van der Waals surface area contributed by atoms with E-state index in [1.165, 1.54) is 12.7 Å². The Morgan fingerprint density at radius 2 is 1.79 bits per heavy atom. The third-order valence-electron chi connectivity index (χ3n) is 8.70. The molecule has 42 heavy (non-hydrogen) atoms. The zero-order valence-electron chi connectivity index (χ0n) is 24.7. The van der Waals surface area contributed by atoms with Crippen molar-refractivity contribution in [2.45, 2.75) is 59.0 Å². The molecule has 0 spiro atoms. The second kappa shape index (κ2) is 12.5. The van der Waals surface area contributed by atoms with Gasteiger partial charge in [-0.05, 0) is 91.6 Å². The second-order valence-electron chi connectivity index (χ2n) is 11.5. The number of allylic oxidation sites excluding steroid dienone is 1. The SMILES string of the molecule is CCC/C(=C\c1cc(C)c(O)c(C)c1)CC[C@H]1OC[C@H]2C1=C(COc1ccccc1)C[C@H]1C(=O)N(C(=O)OC)C(=O)[C@H]12. The first kappa shape index (κ1) is 29.6. The van der Waals surface area contributed by atoms with Crippen molar-refractivity contribution in [3.8, 4) is 11.5 Å². The number of nitrogens with zero attached hydrogens (tertiary/aromatic N) is 1. The van der Waals surface area contributed by atoms with Gasteiger partial charge < -0.3 is 19.3 Å². The molecule has 0 aromatic heterocycles. The number of phenolic OH excluding ortho intramolecular Hbond substituents is 1. The molecule has 3 aliphatic rings. The summed E-state index contributed by atoms with van der Waals surface area (Å²) in [6.45, 7) is 6.56. The molecule has 0 unspecified atom stereocenters. The maximum Gasteiger partial charge on any atom is 0.423 e. The first-order chi connectivity index (χ1) is 20.2. The highest BCUT2D eigenvalue weighted by Crippen LogP contribution is 2.50. The van der Waals surface area contributed by atoms with Gasteiger partial charge in [-0.25, -0.2) is 4.79 Å². The third-order valence-corrected chi connectivity index (χ3v) is 8.70. The number of hydrogen-bond donors (Lipinski definition) is 1. The minimum absolute atomic E-state index is 0.219. The predicted octanol–water partition coefficient (Wildman–Crippen LogP) is 6.13. The normalized spacial score (nSPS) is 23.7. The summed E-state index contributed by atoms with van der Waals surface area (Å²) < 4.78 is 17.3. The number of carbonyl (C=O) groups excluding carboxylic acids is 3. The minimum Gasteiger partial charge on any atom is -0.507 e. The zero-order chi connectivity index (χ0) is 30.0. The van der Waals surface area contributed by atoms with Crippen molar-refractivity contribution in [3.05, 3.63) is 75.9 Å². The number of phenols is 1. The molecule has 1 aliphatic carbocycles. The predicted molar refractivity (Wildman–Crippen MR) is 158 cm³/mol. The van der Waals surface area contributed by atoms with Crippen molar-refractivity contribution in [2.75, 3.05) is 20.3 Å². The van der Waals surface area contributed by atoms with E-state index in [-0.39, 0.29) is 18.6 Å². The lowest BCUT2D eigenvalue weighted by atomic mass is 9.69. The van der Waals surface area contributed by atoms with Gasteiger partial charge >= 0.3 is 6.09 Å². The van der Waals surface area contributed by atoms with E-state index < -0.39 is 29.7 Å². The molecule has 2 aromatic rings.